The predicted molar refractivity (Wildman–Crippen MR) is 67.9 cm³/mol. The first-order valence-corrected chi connectivity index (χ1v) is 6.24. The van der Waals surface area contributed by atoms with Crippen LogP contribution in [-0.2, 0) is 10.2 Å². The van der Waals surface area contributed by atoms with Gasteiger partial charge in [0.15, 0.2) is 5.78 Å². The molecule has 0 atom stereocenters. The van der Waals surface area contributed by atoms with Gasteiger partial charge in [0.1, 0.15) is 5.69 Å². The molecule has 0 N–H and O–H groups in total. The van der Waals surface area contributed by atoms with Crippen molar-refractivity contribution in [2.75, 3.05) is 0 Å². The molecule has 0 radical (unpaired) electrons. The number of carbonyl (C=O) groups is 2. The molecule has 0 bridgehead atoms. The molecule has 0 spiro atoms. The second-order valence-electron chi connectivity index (χ2n) is 5.78. The molecule has 0 aliphatic carbocycles. The highest BCUT2D eigenvalue weighted by Crippen LogP contribution is 2.37. The van der Waals surface area contributed by atoms with Gasteiger partial charge >= 0.3 is 12.1 Å². The van der Waals surface area contributed by atoms with Crippen LogP contribution >= 0.6 is 0 Å². The Morgan fingerprint density at radius 1 is 1.09 bits per heavy atom. The summed E-state index contributed by atoms with van der Waals surface area (Å²) < 4.78 is 61.8. The molecule has 0 saturated carbocycles. The Labute approximate surface area is 123 Å². The van der Waals surface area contributed by atoms with E-state index in [1.54, 1.807) is 6.07 Å². The highest BCUT2D eigenvalue weighted by atomic mass is 19.4. The summed E-state index contributed by atoms with van der Waals surface area (Å²) >= 11 is 0. The van der Waals surface area contributed by atoms with Gasteiger partial charge in [-0.2, -0.15) is 22.0 Å². The second-order valence-corrected chi connectivity index (χ2v) is 5.78. The van der Waals surface area contributed by atoms with Crippen molar-refractivity contribution in [1.29, 1.82) is 0 Å². The Balaban J connectivity index is 2.98. The summed E-state index contributed by atoms with van der Waals surface area (Å²) in [6, 6.07) is 2.87. The number of hydrogen-bond acceptors (Lipinski definition) is 3. The van der Waals surface area contributed by atoms with Crippen LogP contribution in [0.5, 0.6) is 0 Å². The number of carbonyl (C=O) groups excluding carboxylic acids is 2. The van der Waals surface area contributed by atoms with E-state index < -0.39 is 30.1 Å². The maximum Gasteiger partial charge on any atom is 0.461 e. The molecule has 122 valence electrons. The first-order valence-electron chi connectivity index (χ1n) is 6.24. The van der Waals surface area contributed by atoms with Crippen LogP contribution in [0.1, 0.15) is 43.2 Å². The Bertz CT molecular complexity index is 588. The minimum Gasteiger partial charge on any atom is -0.292 e. The minimum atomic E-state index is -6.02. The Morgan fingerprint density at radius 3 is 2.09 bits per heavy atom. The lowest BCUT2D eigenvalue weighted by atomic mass is 9.87. The van der Waals surface area contributed by atoms with E-state index in [0.717, 1.165) is 0 Å². The van der Waals surface area contributed by atoms with Crippen molar-refractivity contribution in [2.24, 2.45) is 0 Å². The number of rotatable bonds is 4. The smallest absolute Gasteiger partial charge is 0.292 e. The molecule has 1 heterocycles. The molecule has 1 aromatic rings. The van der Waals surface area contributed by atoms with Gasteiger partial charge in [0.05, 0.1) is 6.42 Å². The summed E-state index contributed by atoms with van der Waals surface area (Å²) in [5.74, 6) is -9.22. The van der Waals surface area contributed by atoms with Crippen LogP contribution < -0.4 is 0 Å². The molecule has 3 nitrogen and oxygen atoms in total. The van der Waals surface area contributed by atoms with Crippen molar-refractivity contribution >= 4 is 11.6 Å². The maximum atomic E-state index is 12.8. The lowest BCUT2D eigenvalue weighted by Crippen LogP contribution is -2.44. The van der Waals surface area contributed by atoms with Gasteiger partial charge in [-0.1, -0.05) is 20.8 Å². The van der Waals surface area contributed by atoms with Crippen molar-refractivity contribution in [3.8, 4) is 0 Å². The fourth-order valence-corrected chi connectivity index (χ4v) is 1.56. The van der Waals surface area contributed by atoms with Gasteiger partial charge in [-0.25, -0.2) is 0 Å². The Kier molecular flexibility index (Phi) is 4.74. The molecular formula is C14H14F5NO2. The van der Waals surface area contributed by atoms with Crippen molar-refractivity contribution in [3.05, 3.63) is 29.6 Å². The molecule has 22 heavy (non-hydrogen) atoms. The summed E-state index contributed by atoms with van der Waals surface area (Å²) in [5, 5.41) is 0. The summed E-state index contributed by atoms with van der Waals surface area (Å²) in [6.07, 6.45) is -6.35. The summed E-state index contributed by atoms with van der Waals surface area (Å²) in [7, 11) is 0. The van der Waals surface area contributed by atoms with Gasteiger partial charge in [0, 0.05) is 6.20 Å². The maximum absolute atomic E-state index is 12.8. The zero-order chi connectivity index (χ0) is 17.3. The van der Waals surface area contributed by atoms with Gasteiger partial charge < -0.3 is 0 Å². The van der Waals surface area contributed by atoms with Crippen LogP contribution in [0.25, 0.3) is 0 Å². The second kappa shape index (κ2) is 5.73. The van der Waals surface area contributed by atoms with Gasteiger partial charge in [-0.15, -0.1) is 0 Å². The summed E-state index contributed by atoms with van der Waals surface area (Å²) in [4.78, 5) is 26.4. The molecule has 0 aliphatic heterocycles. The Morgan fingerprint density at radius 2 is 1.64 bits per heavy atom. The van der Waals surface area contributed by atoms with Crippen molar-refractivity contribution in [2.45, 2.75) is 44.7 Å². The molecule has 1 aromatic heterocycles. The number of ketones is 2. The standard InChI is InChI=1S/C14H14F5NO2/c1-12(2,3)8-4-5-20-9(6-8)10(21)7-11(22)13(15,16)14(17,18)19/h4-6H,7H2,1-3H3. The van der Waals surface area contributed by atoms with Gasteiger partial charge in [0.2, 0.25) is 5.78 Å². The van der Waals surface area contributed by atoms with E-state index in [2.05, 4.69) is 4.98 Å². The normalized spacial score (nSPS) is 13.1. The van der Waals surface area contributed by atoms with Gasteiger partial charge in [-0.05, 0) is 23.1 Å². The zero-order valence-corrected chi connectivity index (χ0v) is 12.1. The highest BCUT2D eigenvalue weighted by Gasteiger charge is 2.62. The molecule has 0 amide bonds. The van der Waals surface area contributed by atoms with Crippen LogP contribution in [-0.4, -0.2) is 28.6 Å². The number of alkyl halides is 5. The van der Waals surface area contributed by atoms with Crippen molar-refractivity contribution in [3.63, 3.8) is 0 Å². The number of halogens is 5. The average Bonchev–Trinajstić information content (AvgIpc) is 2.36. The van der Waals surface area contributed by atoms with E-state index in [1.165, 1.54) is 12.3 Å². The molecule has 0 fully saturated rings. The topological polar surface area (TPSA) is 47.0 Å². The van der Waals surface area contributed by atoms with Crippen LogP contribution in [0, 0.1) is 0 Å². The molecule has 8 heteroatoms. The average molecular weight is 323 g/mol. The van der Waals surface area contributed by atoms with Crippen LogP contribution in [0.4, 0.5) is 22.0 Å². The van der Waals surface area contributed by atoms with Gasteiger partial charge in [0.25, 0.3) is 0 Å². The fraction of sp³-hybridized carbons (Fsp3) is 0.500. The number of pyridine rings is 1. The monoisotopic (exact) mass is 323 g/mol. The van der Waals surface area contributed by atoms with E-state index in [0.29, 0.717) is 5.56 Å². The third-order valence-corrected chi connectivity index (χ3v) is 2.94. The molecular weight excluding hydrogens is 309 g/mol. The van der Waals surface area contributed by atoms with E-state index in [-0.39, 0.29) is 11.1 Å². The molecule has 0 aliphatic rings. The van der Waals surface area contributed by atoms with Crippen molar-refractivity contribution in [1.82, 2.24) is 4.98 Å². The van der Waals surface area contributed by atoms with Gasteiger partial charge in [-0.3, -0.25) is 14.6 Å². The molecule has 0 saturated heterocycles. The van der Waals surface area contributed by atoms with E-state index in [1.807, 2.05) is 20.8 Å². The van der Waals surface area contributed by atoms with Crippen molar-refractivity contribution < 1.29 is 31.5 Å². The largest absolute Gasteiger partial charge is 0.461 e. The van der Waals surface area contributed by atoms with Crippen LogP contribution in [0.2, 0.25) is 0 Å². The number of aromatic nitrogens is 1. The SMILES string of the molecule is CC(C)(C)c1ccnc(C(=O)CC(=O)C(F)(F)C(F)(F)F)c1. The fourth-order valence-electron chi connectivity index (χ4n) is 1.56. The zero-order valence-electron chi connectivity index (χ0n) is 12.1. The van der Waals surface area contributed by atoms with Crippen LogP contribution in [0.3, 0.4) is 0 Å². The van der Waals surface area contributed by atoms with E-state index >= 15 is 0 Å². The first kappa shape index (κ1) is 18.2. The highest BCUT2D eigenvalue weighted by molar-refractivity contribution is 6.09. The third-order valence-electron chi connectivity index (χ3n) is 2.94. The molecule has 1 rings (SSSR count). The molecule has 0 unspecified atom stereocenters. The number of Topliss-reactive ketones (excluding diaryl/α,β-unsaturated/α-hetero) is 2. The first-order chi connectivity index (χ1) is 9.76. The third kappa shape index (κ3) is 3.86. The lowest BCUT2D eigenvalue weighted by molar-refractivity contribution is -0.268. The minimum absolute atomic E-state index is 0.321. The number of hydrogen-bond donors (Lipinski definition) is 0. The van der Waals surface area contributed by atoms with Crippen LogP contribution in [0.15, 0.2) is 18.3 Å². The summed E-state index contributed by atoms with van der Waals surface area (Å²) in [6.45, 7) is 5.46. The van der Waals surface area contributed by atoms with E-state index in [9.17, 15) is 31.5 Å². The Hall–Kier alpha value is -1.86. The van der Waals surface area contributed by atoms with E-state index in [4.69, 9.17) is 0 Å². The summed E-state index contributed by atoms with van der Waals surface area (Å²) in [5.41, 5.74) is -0.0580. The lowest BCUT2D eigenvalue weighted by Gasteiger charge is -2.19. The predicted octanol–water partition coefficient (Wildman–Crippen LogP) is 3.72. The quantitative estimate of drug-likeness (QED) is 0.482. The number of nitrogens with zero attached hydrogens (tertiary/aromatic N) is 1. The molecule has 0 aromatic carbocycles.